The predicted octanol–water partition coefficient (Wildman–Crippen LogP) is 27.4. The molecule has 0 spiro atoms. The second-order valence-corrected chi connectivity index (χ2v) is 30.4. The third-order valence-electron chi connectivity index (χ3n) is 20.5. The van der Waals surface area contributed by atoms with Crippen molar-refractivity contribution in [3.8, 4) is 11.5 Å². The van der Waals surface area contributed by atoms with Crippen molar-refractivity contribution in [2.45, 2.75) is 336 Å². The zero-order valence-corrected chi connectivity index (χ0v) is 69.4. The van der Waals surface area contributed by atoms with Gasteiger partial charge in [0.2, 0.25) is 0 Å². The van der Waals surface area contributed by atoms with E-state index in [1.165, 1.54) is 243 Å². The molecule has 0 aliphatic carbocycles. The first-order valence-corrected chi connectivity index (χ1v) is 44.1. The van der Waals surface area contributed by atoms with Gasteiger partial charge in [0.05, 0.1) is 48.9 Å². The molecule has 0 amide bonds. The summed E-state index contributed by atoms with van der Waals surface area (Å²) in [6.45, 7) is 9.89. The lowest BCUT2D eigenvalue weighted by Gasteiger charge is -2.10. The van der Waals surface area contributed by atoms with Crippen LogP contribution in [-0.4, -0.2) is 74.7 Å². The van der Waals surface area contributed by atoms with Gasteiger partial charge in [0.25, 0.3) is 0 Å². The van der Waals surface area contributed by atoms with Crippen LogP contribution in [0.2, 0.25) is 0 Å². The number of ether oxygens (including phenoxy) is 6. The highest BCUT2D eigenvalue weighted by Gasteiger charge is 2.24. The molecule has 0 N–H and O–H groups in total. The van der Waals surface area contributed by atoms with E-state index in [0.29, 0.717) is 45.1 Å². The van der Waals surface area contributed by atoms with E-state index in [-0.39, 0.29) is 37.6 Å². The number of aliphatic imine (C=N–C) groups is 2. The topological polar surface area (TPSA) is 183 Å². The Bertz CT molecular complexity index is 3130. The fourth-order valence-corrected chi connectivity index (χ4v) is 13.4. The van der Waals surface area contributed by atoms with Gasteiger partial charge in [-0.1, -0.05) is 334 Å². The van der Waals surface area contributed by atoms with E-state index in [4.69, 9.17) is 28.4 Å². The van der Waals surface area contributed by atoms with Crippen LogP contribution in [0.25, 0.3) is 12.2 Å². The van der Waals surface area contributed by atoms with Gasteiger partial charge in [0, 0.05) is 12.4 Å². The summed E-state index contributed by atoms with van der Waals surface area (Å²) in [7, 11) is 0. The Hall–Kier alpha value is -8.26. The Labute approximate surface area is 675 Å². The predicted molar refractivity (Wildman–Crippen MR) is 461 cm³/mol. The summed E-state index contributed by atoms with van der Waals surface area (Å²) in [4.78, 5) is 89.9. The molecule has 5 rings (SSSR count). The summed E-state index contributed by atoms with van der Waals surface area (Å²) >= 11 is 0. The van der Waals surface area contributed by atoms with Gasteiger partial charge in [-0.15, -0.1) is 0 Å². The molecule has 614 valence electrons. The minimum Gasteiger partial charge on any atom is -0.462 e. The van der Waals surface area contributed by atoms with Crippen molar-refractivity contribution in [3.63, 3.8) is 0 Å². The molecule has 5 aromatic carbocycles. The third-order valence-corrected chi connectivity index (χ3v) is 20.5. The average molecular weight is 1540 g/mol. The maximum atomic E-state index is 13.5. The van der Waals surface area contributed by atoms with Crippen molar-refractivity contribution < 1.29 is 57.2 Å². The van der Waals surface area contributed by atoms with E-state index >= 15 is 0 Å². The smallest absolute Gasteiger partial charge is 0.345 e. The maximum absolute atomic E-state index is 13.5. The first-order chi connectivity index (χ1) is 55.0. The zero-order valence-electron chi connectivity index (χ0n) is 69.4. The van der Waals surface area contributed by atoms with Crippen molar-refractivity contribution >= 4 is 71.8 Å². The summed E-state index contributed by atoms with van der Waals surface area (Å²) in [6, 6.07) is 34.5. The second kappa shape index (κ2) is 63.2. The summed E-state index contributed by atoms with van der Waals surface area (Å²) in [5, 5.41) is 0. The van der Waals surface area contributed by atoms with Crippen LogP contribution in [0.1, 0.15) is 379 Å². The standard InChI is InChI=1S/C98H140N2O12/c1-5-9-13-17-21-25-29-33-37-41-45-49-73-107-95(103)91(96(104)108-74-50-46-42-38-34-30-26-22-18-14-10-6-2)77-81-53-61-85(62-54-81)93(101)111-89-69-57-83(58-70-89)79-99-87-65-67-88(68-66-87)100-80-84-59-71-90(72-60-84)112-94(102)86-63-55-82(56-64-86)78-92(97(105)109-75-51-47-43-39-35-31-27-23-19-15-11-7-3)98(106)110-76-52-48-44-40-36-32-28-24-20-16-12-8-4/h53-72,77-80H,5-52,73-76H2,1-4H3. The number of nitrogens with zero attached hydrogens (tertiary/aromatic N) is 2. The Kier molecular flexibility index (Phi) is 53.2. The molecular formula is C98H140N2O12. The highest BCUT2D eigenvalue weighted by atomic mass is 16.6. The van der Waals surface area contributed by atoms with Gasteiger partial charge in [-0.25, -0.2) is 28.8 Å². The molecule has 0 aliphatic heterocycles. The molecule has 0 atom stereocenters. The molecule has 0 aliphatic rings. The molecule has 14 nitrogen and oxygen atoms in total. The summed E-state index contributed by atoms with van der Waals surface area (Å²) in [6.07, 6.45) is 63.7. The van der Waals surface area contributed by atoms with E-state index in [1.54, 1.807) is 109 Å². The first kappa shape index (κ1) is 94.3. The molecule has 14 heteroatoms. The molecule has 5 aromatic rings. The van der Waals surface area contributed by atoms with Crippen molar-refractivity contribution in [2.75, 3.05) is 26.4 Å². The van der Waals surface area contributed by atoms with Gasteiger partial charge in [-0.05, 0) is 157 Å². The van der Waals surface area contributed by atoms with Crippen LogP contribution in [0, 0.1) is 0 Å². The Balaban J connectivity index is 1.07. The first-order valence-electron chi connectivity index (χ1n) is 44.1. The Morgan fingerprint density at radius 2 is 0.438 bits per heavy atom. The normalized spacial score (nSPS) is 11.2. The largest absolute Gasteiger partial charge is 0.462 e. The number of benzene rings is 5. The quantitative estimate of drug-likeness (QED) is 0.00526. The van der Waals surface area contributed by atoms with Crippen LogP contribution in [0.15, 0.2) is 142 Å². The van der Waals surface area contributed by atoms with Gasteiger partial charge in [0.15, 0.2) is 0 Å². The monoisotopic (exact) mass is 1540 g/mol. The molecule has 0 radical (unpaired) electrons. The van der Waals surface area contributed by atoms with E-state index in [0.717, 1.165) is 88.2 Å². The summed E-state index contributed by atoms with van der Waals surface area (Å²) in [5.41, 5.74) is 4.31. The van der Waals surface area contributed by atoms with Crippen LogP contribution < -0.4 is 9.47 Å². The number of hydrogen-bond donors (Lipinski definition) is 0. The SMILES string of the molecule is CCCCCCCCCCCCCCOC(=O)C(=Cc1ccc(C(=O)Oc2ccc(C=Nc3ccc(N=Cc4ccc(OC(=O)c5ccc(C=C(C(=O)OCCCCCCCCCCCCCC)C(=O)OCCCCCCCCCCCCCC)cc5)cc4)cc3)cc2)cc1)C(=O)OCCCCCCCCCCCCCC. The van der Waals surface area contributed by atoms with Gasteiger partial charge >= 0.3 is 35.8 Å². The van der Waals surface area contributed by atoms with Crippen molar-refractivity contribution in [1.82, 2.24) is 0 Å². The van der Waals surface area contributed by atoms with E-state index in [1.807, 2.05) is 24.3 Å². The Morgan fingerprint density at radius 1 is 0.241 bits per heavy atom. The van der Waals surface area contributed by atoms with Crippen LogP contribution in [-0.2, 0) is 38.1 Å². The van der Waals surface area contributed by atoms with E-state index in [9.17, 15) is 28.8 Å². The number of esters is 6. The van der Waals surface area contributed by atoms with Gasteiger partial charge in [-0.3, -0.25) is 9.98 Å². The zero-order chi connectivity index (χ0) is 79.8. The fraction of sp³-hybridized carbons (Fsp3) is 0.571. The third kappa shape index (κ3) is 44.8. The minimum absolute atomic E-state index is 0.173. The lowest BCUT2D eigenvalue weighted by molar-refractivity contribution is -0.148. The van der Waals surface area contributed by atoms with Gasteiger partial charge in [-0.2, -0.15) is 0 Å². The molecular weight excluding hydrogens is 1400 g/mol. The van der Waals surface area contributed by atoms with Crippen LogP contribution >= 0.6 is 0 Å². The molecule has 0 fully saturated rings. The van der Waals surface area contributed by atoms with Crippen LogP contribution in [0.3, 0.4) is 0 Å². The lowest BCUT2D eigenvalue weighted by atomic mass is 10.1. The maximum Gasteiger partial charge on any atom is 0.345 e. The number of rotatable bonds is 66. The summed E-state index contributed by atoms with van der Waals surface area (Å²) in [5.74, 6) is -3.29. The summed E-state index contributed by atoms with van der Waals surface area (Å²) < 4.78 is 34.0. The Morgan fingerprint density at radius 3 is 0.652 bits per heavy atom. The van der Waals surface area contributed by atoms with Gasteiger partial charge in [0.1, 0.15) is 22.6 Å². The average Bonchev–Trinajstić information content (AvgIpc) is 0.851. The molecule has 0 saturated carbocycles. The number of hydrogen-bond acceptors (Lipinski definition) is 14. The molecule has 0 unspecified atom stereocenters. The van der Waals surface area contributed by atoms with Crippen molar-refractivity contribution in [1.29, 1.82) is 0 Å². The molecule has 0 bridgehead atoms. The number of unbranched alkanes of at least 4 members (excludes halogenated alkanes) is 44. The van der Waals surface area contributed by atoms with Crippen molar-refractivity contribution in [2.24, 2.45) is 9.98 Å². The fourth-order valence-electron chi connectivity index (χ4n) is 13.4. The van der Waals surface area contributed by atoms with Gasteiger partial charge < -0.3 is 28.4 Å². The van der Waals surface area contributed by atoms with Crippen LogP contribution in [0.4, 0.5) is 11.4 Å². The highest BCUT2D eigenvalue weighted by molar-refractivity contribution is 6.18. The molecule has 0 saturated heterocycles. The molecule has 0 heterocycles. The van der Waals surface area contributed by atoms with E-state index < -0.39 is 35.8 Å². The molecule has 0 aromatic heterocycles. The number of carbonyl (C=O) groups is 6. The highest BCUT2D eigenvalue weighted by Crippen LogP contribution is 2.25. The lowest BCUT2D eigenvalue weighted by Crippen LogP contribution is -2.19. The van der Waals surface area contributed by atoms with Crippen LogP contribution in [0.5, 0.6) is 11.5 Å². The minimum atomic E-state index is -0.713. The number of carbonyl (C=O) groups excluding carboxylic acids is 6. The molecule has 112 heavy (non-hydrogen) atoms. The second-order valence-electron chi connectivity index (χ2n) is 30.4. The van der Waals surface area contributed by atoms with E-state index in [2.05, 4.69) is 37.7 Å². The van der Waals surface area contributed by atoms with Crippen molar-refractivity contribution in [3.05, 3.63) is 166 Å².